The summed E-state index contributed by atoms with van der Waals surface area (Å²) in [6.45, 7) is 10.4. The zero-order valence-electron chi connectivity index (χ0n) is 23.0. The first-order valence-corrected chi connectivity index (χ1v) is 13.7. The van der Waals surface area contributed by atoms with Crippen molar-refractivity contribution in [2.24, 2.45) is 0 Å². The molecule has 206 valence electrons. The fourth-order valence-corrected chi connectivity index (χ4v) is 6.00. The maximum Gasteiger partial charge on any atom is 0.229 e. The predicted molar refractivity (Wildman–Crippen MR) is 151 cm³/mol. The number of aryl methyl sites for hydroxylation is 1. The lowest BCUT2D eigenvalue weighted by Crippen LogP contribution is -2.41. The van der Waals surface area contributed by atoms with E-state index in [-0.39, 0.29) is 23.2 Å². The van der Waals surface area contributed by atoms with E-state index < -0.39 is 11.6 Å². The van der Waals surface area contributed by atoms with Gasteiger partial charge in [0, 0.05) is 55.9 Å². The lowest BCUT2D eigenvalue weighted by molar-refractivity contribution is 0.177. The van der Waals surface area contributed by atoms with Crippen molar-refractivity contribution in [3.63, 3.8) is 0 Å². The number of nitrogens with zero attached hydrogens (tertiary/aromatic N) is 7. The summed E-state index contributed by atoms with van der Waals surface area (Å²) in [4.78, 5) is 22.5. The van der Waals surface area contributed by atoms with Crippen molar-refractivity contribution >= 4 is 22.8 Å². The molecule has 0 amide bonds. The molecule has 0 saturated carbocycles. The number of likely N-dealkylation sites (tertiary alicyclic amines) is 1. The molecule has 4 aromatic rings. The Morgan fingerprint density at radius 1 is 1.12 bits per heavy atom. The Morgan fingerprint density at radius 3 is 2.77 bits per heavy atom. The van der Waals surface area contributed by atoms with Crippen LogP contribution < -0.4 is 5.32 Å². The van der Waals surface area contributed by atoms with Crippen LogP contribution in [0.25, 0.3) is 22.3 Å². The number of fused-ring (bicyclic) bond motifs is 2. The third-order valence-corrected chi connectivity index (χ3v) is 7.86. The molecule has 10 heteroatoms. The first-order valence-electron chi connectivity index (χ1n) is 13.7. The number of halogens is 2. The molecule has 5 heterocycles. The van der Waals surface area contributed by atoms with Crippen molar-refractivity contribution in [2.45, 2.75) is 52.2 Å². The maximum atomic E-state index is 15.0. The Hall–Kier alpha value is -3.94. The Morgan fingerprint density at radius 2 is 1.98 bits per heavy atom. The zero-order valence-corrected chi connectivity index (χ0v) is 23.0. The van der Waals surface area contributed by atoms with Crippen molar-refractivity contribution in [2.75, 3.05) is 31.5 Å². The van der Waals surface area contributed by atoms with Crippen LogP contribution in [0.4, 0.5) is 20.5 Å². The fourth-order valence-electron chi connectivity index (χ4n) is 6.00. The van der Waals surface area contributed by atoms with Gasteiger partial charge in [-0.2, -0.15) is 0 Å². The summed E-state index contributed by atoms with van der Waals surface area (Å²) in [5.74, 6) is 3.06. The van der Waals surface area contributed by atoms with Crippen molar-refractivity contribution in [3.8, 4) is 23.6 Å². The minimum atomic E-state index is -0.636. The summed E-state index contributed by atoms with van der Waals surface area (Å²) >= 11 is 0. The second-order valence-electron chi connectivity index (χ2n) is 10.9. The van der Waals surface area contributed by atoms with E-state index in [1.165, 1.54) is 11.6 Å². The molecule has 0 radical (unpaired) electrons. The molecule has 6 rings (SSSR count). The van der Waals surface area contributed by atoms with Crippen LogP contribution in [0.2, 0.25) is 0 Å². The molecule has 0 bridgehead atoms. The quantitative estimate of drug-likeness (QED) is 0.349. The smallest absolute Gasteiger partial charge is 0.229 e. The molecule has 0 spiro atoms. The van der Waals surface area contributed by atoms with Gasteiger partial charge in [-0.1, -0.05) is 12.0 Å². The van der Waals surface area contributed by atoms with E-state index in [9.17, 15) is 4.39 Å². The minimum absolute atomic E-state index is 0.0107. The highest BCUT2D eigenvalue weighted by molar-refractivity contribution is 5.83. The summed E-state index contributed by atoms with van der Waals surface area (Å²) in [5.41, 5.74) is 3.43. The summed E-state index contributed by atoms with van der Waals surface area (Å²) in [6.07, 6.45) is 8.55. The van der Waals surface area contributed by atoms with Gasteiger partial charge in [0.05, 0.1) is 18.3 Å². The zero-order chi connectivity index (χ0) is 28.0. The van der Waals surface area contributed by atoms with Crippen LogP contribution in [0.5, 0.6) is 0 Å². The van der Waals surface area contributed by atoms with E-state index in [2.05, 4.69) is 42.1 Å². The lowest BCUT2D eigenvalue weighted by Gasteiger charge is -2.33. The van der Waals surface area contributed by atoms with Gasteiger partial charge in [0.2, 0.25) is 5.95 Å². The summed E-state index contributed by atoms with van der Waals surface area (Å²) < 4.78 is 31.9. The highest BCUT2D eigenvalue weighted by atomic mass is 19.1. The number of terminal acetylenes is 1. The second kappa shape index (κ2) is 10.6. The molecular formula is C30H32F2N8. The van der Waals surface area contributed by atoms with Crippen LogP contribution in [0.1, 0.15) is 43.4 Å². The standard InChI is InChI=1S/C30H32F2N8/c1-5-10-38-11-8-22(17-38)39-12-9-25-20(16-39)6-7-27(35-25)36-30-33-15-24(32)28(37-30)21-13-23(31)29-26(14-21)40(18(2)3)19(4)34-29/h1,6-7,13-15,18,22H,8-12,16-17H2,2-4H3,(H,33,35,36,37). The molecule has 8 nitrogen and oxygen atoms in total. The molecule has 1 unspecified atom stereocenters. The highest BCUT2D eigenvalue weighted by Crippen LogP contribution is 2.31. The van der Waals surface area contributed by atoms with Gasteiger partial charge >= 0.3 is 0 Å². The van der Waals surface area contributed by atoms with Crippen molar-refractivity contribution in [1.29, 1.82) is 0 Å². The molecule has 1 fully saturated rings. The fraction of sp³-hybridized carbons (Fsp3) is 0.400. The minimum Gasteiger partial charge on any atom is -0.326 e. The molecule has 3 aromatic heterocycles. The van der Waals surface area contributed by atoms with E-state index in [0.29, 0.717) is 35.3 Å². The summed E-state index contributed by atoms with van der Waals surface area (Å²) in [7, 11) is 0. The number of anilines is 2. The molecule has 1 N–H and O–H groups in total. The number of hydrogen-bond acceptors (Lipinski definition) is 7. The van der Waals surface area contributed by atoms with Gasteiger partial charge in [-0.25, -0.2) is 28.7 Å². The van der Waals surface area contributed by atoms with E-state index in [1.807, 2.05) is 31.4 Å². The van der Waals surface area contributed by atoms with Gasteiger partial charge in [-0.15, -0.1) is 6.42 Å². The van der Waals surface area contributed by atoms with Gasteiger partial charge < -0.3 is 9.88 Å². The predicted octanol–water partition coefficient (Wildman–Crippen LogP) is 4.87. The molecule has 0 aliphatic carbocycles. The van der Waals surface area contributed by atoms with Crippen LogP contribution in [-0.4, -0.2) is 66.5 Å². The monoisotopic (exact) mass is 542 g/mol. The number of nitrogens with one attached hydrogen (secondary N) is 1. The van der Waals surface area contributed by atoms with Crippen molar-refractivity contribution in [1.82, 2.24) is 34.3 Å². The van der Waals surface area contributed by atoms with E-state index in [4.69, 9.17) is 11.4 Å². The van der Waals surface area contributed by atoms with E-state index >= 15 is 4.39 Å². The number of benzene rings is 1. The normalized spacial score (nSPS) is 17.9. The third-order valence-electron chi connectivity index (χ3n) is 7.86. The third kappa shape index (κ3) is 4.91. The van der Waals surface area contributed by atoms with Gasteiger partial charge in [-0.05, 0) is 51.0 Å². The molecule has 40 heavy (non-hydrogen) atoms. The molecule has 2 aliphatic rings. The highest BCUT2D eigenvalue weighted by Gasteiger charge is 2.30. The van der Waals surface area contributed by atoms with Crippen LogP contribution in [-0.2, 0) is 13.0 Å². The van der Waals surface area contributed by atoms with Crippen LogP contribution >= 0.6 is 0 Å². The van der Waals surface area contributed by atoms with E-state index in [0.717, 1.165) is 50.9 Å². The maximum absolute atomic E-state index is 15.0. The number of pyridine rings is 1. The number of hydrogen-bond donors (Lipinski definition) is 1. The van der Waals surface area contributed by atoms with Gasteiger partial charge in [0.25, 0.3) is 0 Å². The summed E-state index contributed by atoms with van der Waals surface area (Å²) in [6, 6.07) is 7.55. The largest absolute Gasteiger partial charge is 0.326 e. The molecule has 2 aliphatic heterocycles. The summed E-state index contributed by atoms with van der Waals surface area (Å²) in [5, 5.41) is 3.11. The first kappa shape index (κ1) is 26.3. The average molecular weight is 543 g/mol. The average Bonchev–Trinajstić information content (AvgIpc) is 3.54. The number of rotatable bonds is 6. The Balaban J connectivity index is 1.22. The van der Waals surface area contributed by atoms with E-state index in [1.54, 1.807) is 6.07 Å². The Bertz CT molecular complexity index is 1620. The Kier molecular flexibility index (Phi) is 6.94. The van der Waals surface area contributed by atoms with Crippen LogP contribution in [0.3, 0.4) is 0 Å². The van der Waals surface area contributed by atoms with Gasteiger partial charge in [0.1, 0.15) is 22.9 Å². The van der Waals surface area contributed by atoms with Gasteiger partial charge in [0.15, 0.2) is 11.6 Å². The molecule has 1 atom stereocenters. The Labute approximate surface area is 232 Å². The SMILES string of the molecule is C#CCN1CCC(N2CCc3nc(Nc4ncc(F)c(-c5cc(F)c6nc(C)n(C(C)C)c6c5)n4)ccc3C2)C1. The van der Waals surface area contributed by atoms with Crippen LogP contribution in [0.15, 0.2) is 30.5 Å². The molecule has 1 aromatic carbocycles. The van der Waals surface area contributed by atoms with Crippen LogP contribution in [0, 0.1) is 30.9 Å². The molecular weight excluding hydrogens is 510 g/mol. The second-order valence-corrected chi connectivity index (χ2v) is 10.9. The first-order chi connectivity index (χ1) is 19.3. The van der Waals surface area contributed by atoms with Crippen molar-refractivity contribution < 1.29 is 8.78 Å². The number of aromatic nitrogens is 5. The number of imidazole rings is 1. The molecule has 1 saturated heterocycles. The van der Waals surface area contributed by atoms with Gasteiger partial charge in [-0.3, -0.25) is 9.80 Å². The topological polar surface area (TPSA) is 75.0 Å². The van der Waals surface area contributed by atoms with Crippen molar-refractivity contribution in [3.05, 3.63) is 59.2 Å². The lowest BCUT2D eigenvalue weighted by atomic mass is 10.0.